The van der Waals surface area contributed by atoms with E-state index in [9.17, 15) is 0 Å². The predicted octanol–water partition coefficient (Wildman–Crippen LogP) is 3.81. The lowest BCUT2D eigenvalue weighted by Gasteiger charge is -2.11. The van der Waals surface area contributed by atoms with E-state index in [1.807, 2.05) is 18.2 Å². The summed E-state index contributed by atoms with van der Waals surface area (Å²) in [4.78, 5) is 4.63. The molecule has 0 saturated carbocycles. The predicted molar refractivity (Wildman–Crippen MR) is 72.8 cm³/mol. The van der Waals surface area contributed by atoms with Gasteiger partial charge in [-0.15, -0.1) is 0 Å². The van der Waals surface area contributed by atoms with Gasteiger partial charge in [-0.2, -0.15) is 0 Å². The van der Waals surface area contributed by atoms with Crippen molar-refractivity contribution in [2.24, 2.45) is 5.73 Å². The normalized spacial score (nSPS) is 12.8. The Kier molecular flexibility index (Phi) is 4.10. The van der Waals surface area contributed by atoms with Crippen LogP contribution in [0.5, 0.6) is 0 Å². The Hall–Kier alpha value is -1.41. The Morgan fingerprint density at radius 3 is 2.76 bits per heavy atom. The van der Waals surface area contributed by atoms with Gasteiger partial charge in [0.15, 0.2) is 0 Å². The summed E-state index contributed by atoms with van der Waals surface area (Å²) in [6, 6.07) is 12.4. The fourth-order valence-electron chi connectivity index (χ4n) is 2.05. The van der Waals surface area contributed by atoms with E-state index >= 15 is 0 Å². The number of para-hydroxylation sites is 1. The molecule has 0 saturated heterocycles. The lowest BCUT2D eigenvalue weighted by Crippen LogP contribution is -2.11. The molecule has 90 valence electrons. The molecule has 2 rings (SSSR count). The number of nitrogens with two attached hydrogens (primary N) is 1. The van der Waals surface area contributed by atoms with Crippen LogP contribution < -0.4 is 5.73 Å². The highest BCUT2D eigenvalue weighted by atomic mass is 14.8. The summed E-state index contributed by atoms with van der Waals surface area (Å²) in [7, 11) is 0. The van der Waals surface area contributed by atoms with Gasteiger partial charge >= 0.3 is 0 Å². The summed E-state index contributed by atoms with van der Waals surface area (Å²) in [5, 5.41) is 1.18. The molecule has 1 aromatic heterocycles. The van der Waals surface area contributed by atoms with E-state index < -0.39 is 0 Å². The average molecular weight is 228 g/mol. The monoisotopic (exact) mass is 228 g/mol. The van der Waals surface area contributed by atoms with Gasteiger partial charge in [0.1, 0.15) is 0 Å². The minimum atomic E-state index is 0.0751. The highest BCUT2D eigenvalue weighted by Crippen LogP contribution is 2.19. The van der Waals surface area contributed by atoms with Crippen molar-refractivity contribution in [3.63, 3.8) is 0 Å². The zero-order valence-electron chi connectivity index (χ0n) is 10.4. The maximum absolute atomic E-state index is 6.16. The van der Waals surface area contributed by atoms with Gasteiger partial charge in [0.2, 0.25) is 0 Å². The molecular weight excluding hydrogens is 208 g/mol. The first kappa shape index (κ1) is 12.1. The van der Waals surface area contributed by atoms with Crippen molar-refractivity contribution < 1.29 is 0 Å². The van der Waals surface area contributed by atoms with Crippen molar-refractivity contribution in [2.45, 2.75) is 38.6 Å². The van der Waals surface area contributed by atoms with E-state index in [1.54, 1.807) is 0 Å². The third kappa shape index (κ3) is 3.04. The standard InChI is InChI=1S/C15H20N2/c1-2-3-4-8-13(16)15-11-10-12-7-5-6-9-14(12)17-15/h5-7,9-11,13H,2-4,8,16H2,1H3/t13-/m1/s1. The summed E-state index contributed by atoms with van der Waals surface area (Å²) >= 11 is 0. The number of pyridine rings is 1. The van der Waals surface area contributed by atoms with Crippen molar-refractivity contribution in [2.75, 3.05) is 0 Å². The molecule has 1 heterocycles. The average Bonchev–Trinajstić information content (AvgIpc) is 2.38. The van der Waals surface area contributed by atoms with Gasteiger partial charge in [0.25, 0.3) is 0 Å². The second-order valence-corrected chi connectivity index (χ2v) is 4.53. The van der Waals surface area contributed by atoms with Crippen LogP contribution in [-0.2, 0) is 0 Å². The summed E-state index contributed by atoms with van der Waals surface area (Å²) in [6.45, 7) is 2.21. The molecule has 0 aliphatic heterocycles. The SMILES string of the molecule is CCCCC[C@@H](N)c1ccc2ccccc2n1. The van der Waals surface area contributed by atoms with Gasteiger partial charge in [-0.3, -0.25) is 4.98 Å². The number of rotatable bonds is 5. The number of aromatic nitrogens is 1. The third-order valence-electron chi connectivity index (χ3n) is 3.12. The summed E-state index contributed by atoms with van der Waals surface area (Å²) in [6.07, 6.45) is 4.70. The molecule has 0 aliphatic carbocycles. The van der Waals surface area contributed by atoms with Crippen molar-refractivity contribution in [3.05, 3.63) is 42.1 Å². The zero-order valence-corrected chi connectivity index (χ0v) is 10.4. The number of fused-ring (bicyclic) bond motifs is 1. The van der Waals surface area contributed by atoms with Gasteiger partial charge in [0.05, 0.1) is 11.2 Å². The smallest absolute Gasteiger partial charge is 0.0706 e. The molecule has 0 spiro atoms. The number of unbranched alkanes of at least 4 members (excludes halogenated alkanes) is 2. The van der Waals surface area contributed by atoms with Crippen molar-refractivity contribution >= 4 is 10.9 Å². The molecule has 2 nitrogen and oxygen atoms in total. The Morgan fingerprint density at radius 2 is 1.94 bits per heavy atom. The minimum absolute atomic E-state index is 0.0751. The van der Waals surface area contributed by atoms with E-state index in [0.717, 1.165) is 17.6 Å². The van der Waals surface area contributed by atoms with Crippen molar-refractivity contribution in [1.29, 1.82) is 0 Å². The maximum Gasteiger partial charge on any atom is 0.0706 e. The van der Waals surface area contributed by atoms with E-state index in [2.05, 4.69) is 30.1 Å². The number of hydrogen-bond donors (Lipinski definition) is 1. The van der Waals surface area contributed by atoms with Crippen LogP contribution >= 0.6 is 0 Å². The van der Waals surface area contributed by atoms with E-state index in [1.165, 1.54) is 24.6 Å². The van der Waals surface area contributed by atoms with Gasteiger partial charge in [-0.1, -0.05) is 50.5 Å². The van der Waals surface area contributed by atoms with Crippen LogP contribution in [0.1, 0.15) is 44.3 Å². The lowest BCUT2D eigenvalue weighted by atomic mass is 10.0. The van der Waals surface area contributed by atoms with Crippen LogP contribution in [0.25, 0.3) is 10.9 Å². The zero-order chi connectivity index (χ0) is 12.1. The van der Waals surface area contributed by atoms with Crippen LogP contribution in [0.2, 0.25) is 0 Å². The summed E-state index contributed by atoms with van der Waals surface area (Å²) < 4.78 is 0. The molecule has 2 aromatic rings. The first-order valence-electron chi connectivity index (χ1n) is 6.42. The maximum atomic E-state index is 6.16. The van der Waals surface area contributed by atoms with Gasteiger partial charge < -0.3 is 5.73 Å². The highest BCUT2D eigenvalue weighted by Gasteiger charge is 2.07. The minimum Gasteiger partial charge on any atom is -0.323 e. The van der Waals surface area contributed by atoms with Gasteiger partial charge in [-0.25, -0.2) is 0 Å². The topological polar surface area (TPSA) is 38.9 Å². The van der Waals surface area contributed by atoms with Crippen LogP contribution in [0.4, 0.5) is 0 Å². The quantitative estimate of drug-likeness (QED) is 0.790. The molecule has 0 unspecified atom stereocenters. The van der Waals surface area contributed by atoms with Crippen LogP contribution in [-0.4, -0.2) is 4.98 Å². The second-order valence-electron chi connectivity index (χ2n) is 4.53. The highest BCUT2D eigenvalue weighted by molar-refractivity contribution is 5.78. The Morgan fingerprint density at radius 1 is 1.12 bits per heavy atom. The largest absolute Gasteiger partial charge is 0.323 e. The molecular formula is C15H20N2. The summed E-state index contributed by atoms with van der Waals surface area (Å²) in [5.41, 5.74) is 8.22. The Balaban J connectivity index is 2.12. The molecule has 0 radical (unpaired) electrons. The first-order chi connectivity index (χ1) is 8.31. The van der Waals surface area contributed by atoms with E-state index in [-0.39, 0.29) is 6.04 Å². The number of benzene rings is 1. The summed E-state index contributed by atoms with van der Waals surface area (Å²) in [5.74, 6) is 0. The van der Waals surface area contributed by atoms with Gasteiger partial charge in [0, 0.05) is 11.4 Å². The molecule has 0 amide bonds. The first-order valence-corrected chi connectivity index (χ1v) is 6.42. The molecule has 0 fully saturated rings. The fourth-order valence-corrected chi connectivity index (χ4v) is 2.05. The lowest BCUT2D eigenvalue weighted by molar-refractivity contribution is 0.572. The Bertz CT molecular complexity index is 479. The molecule has 0 aliphatic rings. The van der Waals surface area contributed by atoms with Crippen molar-refractivity contribution in [3.8, 4) is 0 Å². The third-order valence-corrected chi connectivity index (χ3v) is 3.12. The van der Waals surface area contributed by atoms with E-state index in [4.69, 9.17) is 5.73 Å². The Labute approximate surface area is 103 Å². The second kappa shape index (κ2) is 5.78. The number of hydrogen-bond acceptors (Lipinski definition) is 2. The van der Waals surface area contributed by atoms with Crippen LogP contribution in [0, 0.1) is 0 Å². The molecule has 1 atom stereocenters. The molecule has 17 heavy (non-hydrogen) atoms. The molecule has 1 aromatic carbocycles. The van der Waals surface area contributed by atoms with Gasteiger partial charge in [-0.05, 0) is 18.6 Å². The number of nitrogens with zero attached hydrogens (tertiary/aromatic N) is 1. The molecule has 2 N–H and O–H groups in total. The molecule has 0 bridgehead atoms. The fraction of sp³-hybridized carbons (Fsp3) is 0.400. The van der Waals surface area contributed by atoms with Crippen molar-refractivity contribution in [1.82, 2.24) is 4.98 Å². The van der Waals surface area contributed by atoms with E-state index in [0.29, 0.717) is 0 Å². The van der Waals surface area contributed by atoms with Crippen LogP contribution in [0.3, 0.4) is 0 Å². The van der Waals surface area contributed by atoms with Crippen LogP contribution in [0.15, 0.2) is 36.4 Å². The molecule has 2 heteroatoms.